The van der Waals surface area contributed by atoms with Gasteiger partial charge in [0.05, 0.1) is 0 Å². The number of hydrogen-bond acceptors (Lipinski definition) is 3. The number of Topliss-reactive ketones (excluding diaryl/α,β-unsaturated/α-hetero) is 1. The van der Waals surface area contributed by atoms with Crippen molar-refractivity contribution >= 4 is 18.4 Å². The van der Waals surface area contributed by atoms with Crippen molar-refractivity contribution in [3.05, 3.63) is 29.8 Å². The van der Waals surface area contributed by atoms with Gasteiger partial charge < -0.3 is 10.0 Å². The normalized spacial score (nSPS) is 10.6. The highest BCUT2D eigenvalue weighted by Crippen LogP contribution is 2.14. The van der Waals surface area contributed by atoms with Crippen molar-refractivity contribution in [1.29, 1.82) is 0 Å². The Morgan fingerprint density at radius 2 is 1.81 bits per heavy atom. The van der Waals surface area contributed by atoms with E-state index < -0.39 is 7.12 Å². The molecule has 0 fully saturated rings. The molecule has 0 aliphatic rings. The van der Waals surface area contributed by atoms with Crippen molar-refractivity contribution in [2.45, 2.75) is 26.7 Å². The summed E-state index contributed by atoms with van der Waals surface area (Å²) in [6, 6.07) is 6.65. The van der Waals surface area contributed by atoms with Gasteiger partial charge >= 0.3 is 7.12 Å². The SMILES string of the molecule is CCC(CC)C(=O)c1ccccc1B(O)O. The number of hydrogen-bond donors (Lipinski definition) is 2. The highest BCUT2D eigenvalue weighted by atomic mass is 16.4. The van der Waals surface area contributed by atoms with Crippen LogP contribution in [0, 0.1) is 5.92 Å². The fraction of sp³-hybridized carbons (Fsp3) is 0.417. The first-order chi connectivity index (χ1) is 7.61. The zero-order valence-electron chi connectivity index (χ0n) is 9.68. The van der Waals surface area contributed by atoms with Gasteiger partial charge in [-0.3, -0.25) is 4.79 Å². The molecule has 1 aromatic rings. The first kappa shape index (κ1) is 12.9. The van der Waals surface area contributed by atoms with Crippen LogP contribution in [0.4, 0.5) is 0 Å². The Bertz CT molecular complexity index is 359. The summed E-state index contributed by atoms with van der Waals surface area (Å²) in [5.74, 6) is -0.0476. The number of benzene rings is 1. The zero-order valence-corrected chi connectivity index (χ0v) is 9.68. The molecule has 4 heteroatoms. The number of carbonyl (C=O) groups is 1. The molecule has 0 unspecified atom stereocenters. The molecule has 16 heavy (non-hydrogen) atoms. The van der Waals surface area contributed by atoms with Crippen LogP contribution in [-0.2, 0) is 0 Å². The summed E-state index contributed by atoms with van der Waals surface area (Å²) < 4.78 is 0. The number of rotatable bonds is 5. The van der Waals surface area contributed by atoms with Crippen molar-refractivity contribution in [3.63, 3.8) is 0 Å². The fourth-order valence-electron chi connectivity index (χ4n) is 1.83. The third-order valence-electron chi connectivity index (χ3n) is 2.86. The molecule has 0 atom stereocenters. The summed E-state index contributed by atoms with van der Waals surface area (Å²) in [5.41, 5.74) is 0.714. The molecule has 0 aliphatic heterocycles. The maximum Gasteiger partial charge on any atom is 0.489 e. The van der Waals surface area contributed by atoms with Crippen LogP contribution in [0.25, 0.3) is 0 Å². The molecule has 1 rings (SSSR count). The van der Waals surface area contributed by atoms with Crippen LogP contribution in [0.5, 0.6) is 0 Å². The molecule has 2 N–H and O–H groups in total. The quantitative estimate of drug-likeness (QED) is 0.574. The maximum atomic E-state index is 12.1. The average molecular weight is 220 g/mol. The zero-order chi connectivity index (χ0) is 12.1. The van der Waals surface area contributed by atoms with Gasteiger partial charge in [-0.05, 0) is 18.3 Å². The third-order valence-corrected chi connectivity index (χ3v) is 2.86. The van der Waals surface area contributed by atoms with Crippen molar-refractivity contribution < 1.29 is 14.8 Å². The van der Waals surface area contributed by atoms with Gasteiger partial charge in [-0.1, -0.05) is 38.1 Å². The van der Waals surface area contributed by atoms with E-state index in [1.54, 1.807) is 24.3 Å². The first-order valence-electron chi connectivity index (χ1n) is 5.61. The van der Waals surface area contributed by atoms with Crippen LogP contribution >= 0.6 is 0 Å². The topological polar surface area (TPSA) is 57.5 Å². The Labute approximate surface area is 96.3 Å². The Hall–Kier alpha value is -1.13. The Kier molecular flexibility index (Phi) is 4.71. The van der Waals surface area contributed by atoms with Crippen molar-refractivity contribution in [3.8, 4) is 0 Å². The lowest BCUT2D eigenvalue weighted by atomic mass is 9.74. The summed E-state index contributed by atoms with van der Waals surface area (Å²) in [6.07, 6.45) is 1.54. The largest absolute Gasteiger partial charge is 0.489 e. The predicted octanol–water partition coefficient (Wildman–Crippen LogP) is 0.985. The van der Waals surface area contributed by atoms with Crippen molar-refractivity contribution in [2.75, 3.05) is 0 Å². The second kappa shape index (κ2) is 5.82. The maximum absolute atomic E-state index is 12.1. The minimum Gasteiger partial charge on any atom is -0.423 e. The van der Waals surface area contributed by atoms with E-state index in [2.05, 4.69) is 0 Å². The van der Waals surface area contributed by atoms with Gasteiger partial charge in [-0.15, -0.1) is 0 Å². The van der Waals surface area contributed by atoms with E-state index in [1.807, 2.05) is 13.8 Å². The second-order valence-electron chi connectivity index (χ2n) is 3.84. The molecule has 0 amide bonds. The van der Waals surface area contributed by atoms with Gasteiger partial charge in [0, 0.05) is 11.5 Å². The molecule has 0 spiro atoms. The molecule has 1 aromatic carbocycles. The summed E-state index contributed by atoms with van der Waals surface area (Å²) in [5, 5.41) is 18.4. The highest BCUT2D eigenvalue weighted by Gasteiger charge is 2.23. The summed E-state index contributed by atoms with van der Waals surface area (Å²) in [7, 11) is -1.59. The monoisotopic (exact) mass is 220 g/mol. The second-order valence-corrected chi connectivity index (χ2v) is 3.84. The molecule has 0 bridgehead atoms. The average Bonchev–Trinajstić information content (AvgIpc) is 2.30. The van der Waals surface area contributed by atoms with E-state index in [0.717, 1.165) is 12.8 Å². The Morgan fingerprint density at radius 1 is 1.25 bits per heavy atom. The molecule has 0 aliphatic carbocycles. The van der Waals surface area contributed by atoms with Crippen LogP contribution < -0.4 is 5.46 Å². The molecule has 0 saturated heterocycles. The highest BCUT2D eigenvalue weighted by molar-refractivity contribution is 6.60. The number of carbonyl (C=O) groups excluding carboxylic acids is 1. The summed E-state index contributed by atoms with van der Waals surface area (Å²) >= 11 is 0. The first-order valence-corrected chi connectivity index (χ1v) is 5.61. The van der Waals surface area contributed by atoms with E-state index in [4.69, 9.17) is 0 Å². The number of ketones is 1. The summed E-state index contributed by atoms with van der Waals surface area (Å²) in [4.78, 5) is 12.1. The van der Waals surface area contributed by atoms with Gasteiger partial charge in [0.25, 0.3) is 0 Å². The molecular weight excluding hydrogens is 203 g/mol. The standard InChI is InChI=1S/C12H17BO3/c1-3-9(4-2)12(14)10-7-5-6-8-11(10)13(15)16/h5-9,15-16H,3-4H2,1-2H3. The van der Waals surface area contributed by atoms with E-state index in [9.17, 15) is 14.8 Å². The smallest absolute Gasteiger partial charge is 0.423 e. The molecule has 0 radical (unpaired) electrons. The van der Waals surface area contributed by atoms with E-state index in [0.29, 0.717) is 11.0 Å². The van der Waals surface area contributed by atoms with E-state index >= 15 is 0 Å². The molecular formula is C12H17BO3. The van der Waals surface area contributed by atoms with Crippen LogP contribution in [-0.4, -0.2) is 22.9 Å². The van der Waals surface area contributed by atoms with Crippen molar-refractivity contribution in [2.24, 2.45) is 5.92 Å². The van der Waals surface area contributed by atoms with Gasteiger partial charge in [-0.25, -0.2) is 0 Å². The third kappa shape index (κ3) is 2.71. The van der Waals surface area contributed by atoms with E-state index in [-0.39, 0.29) is 11.7 Å². The van der Waals surface area contributed by atoms with Crippen molar-refractivity contribution in [1.82, 2.24) is 0 Å². The Morgan fingerprint density at radius 3 is 2.31 bits per heavy atom. The molecule has 0 saturated carbocycles. The van der Waals surface area contributed by atoms with E-state index in [1.165, 1.54) is 0 Å². The summed E-state index contributed by atoms with van der Waals surface area (Å²) in [6.45, 7) is 3.92. The lowest BCUT2D eigenvalue weighted by Gasteiger charge is -2.14. The van der Waals surface area contributed by atoms with Gasteiger partial charge in [-0.2, -0.15) is 0 Å². The predicted molar refractivity (Wildman–Crippen MR) is 64.7 cm³/mol. The minimum atomic E-state index is -1.59. The molecule has 3 nitrogen and oxygen atoms in total. The lowest BCUT2D eigenvalue weighted by molar-refractivity contribution is 0.0914. The van der Waals surface area contributed by atoms with Crippen LogP contribution in [0.1, 0.15) is 37.0 Å². The fourth-order valence-corrected chi connectivity index (χ4v) is 1.83. The molecule has 0 heterocycles. The lowest BCUT2D eigenvalue weighted by Crippen LogP contribution is -2.35. The molecule has 86 valence electrons. The van der Waals surface area contributed by atoms with Crippen LogP contribution in [0.2, 0.25) is 0 Å². The van der Waals surface area contributed by atoms with Crippen LogP contribution in [0.15, 0.2) is 24.3 Å². The minimum absolute atomic E-state index is 0.00583. The van der Waals surface area contributed by atoms with Gasteiger partial charge in [0.15, 0.2) is 5.78 Å². The van der Waals surface area contributed by atoms with Gasteiger partial charge in [0.2, 0.25) is 0 Å². The van der Waals surface area contributed by atoms with Crippen LogP contribution in [0.3, 0.4) is 0 Å². The Balaban J connectivity index is 3.07. The van der Waals surface area contributed by atoms with Gasteiger partial charge in [0.1, 0.15) is 0 Å². The molecule has 0 aromatic heterocycles.